The second-order valence-electron chi connectivity index (χ2n) is 23.6. The number of nitro benzene ring substituents is 1. The first-order valence-corrected chi connectivity index (χ1v) is 29.8. The highest BCUT2D eigenvalue weighted by Gasteiger charge is 2.50. The molecule has 4 aromatic carbocycles. The number of sulfonamides is 1. The third kappa shape index (κ3) is 11.8. The number of benzene rings is 4. The van der Waals surface area contributed by atoms with Crippen molar-refractivity contribution in [1.29, 1.82) is 0 Å². The fraction of sp³-hybridized carbons (Fsp3) is 0.475. The lowest BCUT2D eigenvalue weighted by Gasteiger charge is -2.59. The zero-order chi connectivity index (χ0) is 55.1. The van der Waals surface area contributed by atoms with Gasteiger partial charge in [0.25, 0.3) is 21.6 Å². The van der Waals surface area contributed by atoms with Crippen molar-refractivity contribution in [3.63, 3.8) is 0 Å². The summed E-state index contributed by atoms with van der Waals surface area (Å²) in [4.78, 5) is 43.5. The van der Waals surface area contributed by atoms with E-state index in [0.717, 1.165) is 107 Å². The van der Waals surface area contributed by atoms with Gasteiger partial charge in [-0.25, -0.2) is 18.1 Å². The van der Waals surface area contributed by atoms with Crippen molar-refractivity contribution in [2.75, 3.05) is 74.6 Å². The molecule has 5 heterocycles. The number of pyridine rings is 1. The molecule has 18 heteroatoms. The number of aliphatic hydroxyl groups is 1. The van der Waals surface area contributed by atoms with Crippen LogP contribution in [0.25, 0.3) is 11.0 Å². The molecular formula is C61H75N9O8S. The Morgan fingerprint density at radius 3 is 2.37 bits per heavy atom. The van der Waals surface area contributed by atoms with Crippen LogP contribution in [-0.2, 0) is 10.0 Å². The first-order valence-electron chi connectivity index (χ1n) is 28.3. The average Bonchev–Trinajstić information content (AvgIpc) is 4.11. The van der Waals surface area contributed by atoms with Gasteiger partial charge in [0.15, 0.2) is 0 Å². The minimum Gasteiger partial charge on any atom is -0.497 e. The fourth-order valence-corrected chi connectivity index (χ4v) is 14.3. The van der Waals surface area contributed by atoms with Crippen molar-refractivity contribution in [3.8, 4) is 17.2 Å². The predicted octanol–water partition coefficient (Wildman–Crippen LogP) is 10.6. The Hall–Kier alpha value is -6.73. The van der Waals surface area contributed by atoms with Gasteiger partial charge in [-0.1, -0.05) is 38.1 Å². The highest BCUT2D eigenvalue weighted by Crippen LogP contribution is 2.54. The number of carbonyl (C=O) groups excluding carboxylic acids is 1. The van der Waals surface area contributed by atoms with Crippen LogP contribution in [-0.4, -0.2) is 121 Å². The van der Waals surface area contributed by atoms with Gasteiger partial charge in [0, 0.05) is 106 Å². The fourth-order valence-electron chi connectivity index (χ4n) is 13.4. The van der Waals surface area contributed by atoms with Crippen molar-refractivity contribution in [2.24, 2.45) is 11.3 Å². The summed E-state index contributed by atoms with van der Waals surface area (Å²) in [6.07, 6.45) is 12.8. The number of nitrogens with one attached hydrogen (secondary N) is 3. The van der Waals surface area contributed by atoms with Crippen molar-refractivity contribution < 1.29 is 32.7 Å². The lowest BCUT2D eigenvalue weighted by molar-refractivity contribution is -0.384. The van der Waals surface area contributed by atoms with E-state index >= 15 is 0 Å². The number of hydrogen-bond acceptors (Lipinski definition) is 14. The number of rotatable bonds is 16. The number of methoxy groups -OCH3 is 1. The maximum Gasteiger partial charge on any atom is 0.293 e. The minimum absolute atomic E-state index is 0.0252. The number of carbonyl (C=O) groups is 1. The Morgan fingerprint density at radius 2 is 1.62 bits per heavy atom. The Bertz CT molecular complexity index is 3270. The third-order valence-electron chi connectivity index (χ3n) is 18.1. The Morgan fingerprint density at radius 1 is 0.861 bits per heavy atom. The first-order chi connectivity index (χ1) is 38.0. The van der Waals surface area contributed by atoms with E-state index < -0.39 is 37.0 Å². The van der Waals surface area contributed by atoms with Crippen LogP contribution in [0.2, 0.25) is 0 Å². The van der Waals surface area contributed by atoms with Gasteiger partial charge in [0.1, 0.15) is 28.6 Å². The number of aromatic nitrogens is 2. The normalized spacial score (nSPS) is 23.1. The maximum absolute atomic E-state index is 14.2. The molecule has 1 spiro atoms. The highest BCUT2D eigenvalue weighted by atomic mass is 32.2. The molecule has 1 amide bonds. The molecule has 2 unspecified atom stereocenters. The molecule has 2 aliphatic carbocycles. The summed E-state index contributed by atoms with van der Waals surface area (Å²) in [5.74, 6) is 1.06. The Balaban J connectivity index is 0.773. The van der Waals surface area contributed by atoms with E-state index in [0.29, 0.717) is 54.8 Å². The summed E-state index contributed by atoms with van der Waals surface area (Å²) in [6.45, 7) is 13.7. The summed E-state index contributed by atoms with van der Waals surface area (Å²) < 4.78 is 41.9. The van der Waals surface area contributed by atoms with Gasteiger partial charge in [-0.15, -0.1) is 0 Å². The van der Waals surface area contributed by atoms with E-state index in [-0.39, 0.29) is 28.3 Å². The van der Waals surface area contributed by atoms with Crippen molar-refractivity contribution in [1.82, 2.24) is 24.5 Å². The number of nitrogens with zero attached hydrogens (tertiary/aromatic N) is 6. The van der Waals surface area contributed by atoms with E-state index in [1.807, 2.05) is 19.1 Å². The number of amides is 1. The molecule has 418 valence electrons. The van der Waals surface area contributed by atoms with Crippen LogP contribution in [0.5, 0.6) is 17.2 Å². The zero-order valence-corrected chi connectivity index (χ0v) is 46.7. The van der Waals surface area contributed by atoms with E-state index in [1.54, 1.807) is 37.7 Å². The molecule has 2 aromatic heterocycles. The molecule has 4 N–H and O–H groups in total. The molecule has 79 heavy (non-hydrogen) atoms. The molecule has 5 aliphatic rings. The van der Waals surface area contributed by atoms with Gasteiger partial charge in [0.2, 0.25) is 0 Å². The van der Waals surface area contributed by atoms with Crippen molar-refractivity contribution >= 4 is 49.7 Å². The van der Waals surface area contributed by atoms with Gasteiger partial charge in [0.05, 0.1) is 34.3 Å². The van der Waals surface area contributed by atoms with Crippen LogP contribution >= 0.6 is 0 Å². The van der Waals surface area contributed by atoms with Crippen LogP contribution in [0.3, 0.4) is 0 Å². The summed E-state index contributed by atoms with van der Waals surface area (Å²) in [5.41, 5.74) is 4.91. The Kier molecular flexibility index (Phi) is 15.4. The molecule has 11 rings (SSSR count). The maximum atomic E-state index is 14.2. The molecule has 3 aliphatic heterocycles. The number of piperazine rings is 1. The van der Waals surface area contributed by atoms with Gasteiger partial charge in [-0.05, 0) is 160 Å². The largest absolute Gasteiger partial charge is 0.497 e. The molecular weight excluding hydrogens is 1020 g/mol. The van der Waals surface area contributed by atoms with E-state index in [4.69, 9.17) is 9.47 Å². The lowest BCUT2D eigenvalue weighted by atomic mass is 9.59. The van der Waals surface area contributed by atoms with Crippen molar-refractivity contribution in [2.45, 2.75) is 120 Å². The standard InChI is InChI=1S/C61H75N9O8S/c1-41(2)51-9-5-6-10-52(51)56-40-68(46-8-7-27-67(39-46)44-11-14-48(77-4)15-12-44)30-31-69(56)47-35-61(36-47)24-28-66(29-25-61)45-13-17-53(57(33-45)78-49-32-43-21-26-62-58(43)64-38-49)59(71)65-79(75,76)50-16-18-54(55(34-50)70(73)74)63-37-42-19-22-60(3,72)23-20-42/h5-6,9-18,21,26,32-34,38,41-42,46-47,56,63,72H,7-8,19-20,22-25,27-31,35-37,39-40H2,1-4H3,(H,62,64)(H,65,71)/t42-,46?,56?,60-. The van der Waals surface area contributed by atoms with Crippen LogP contribution in [0.1, 0.15) is 118 Å². The molecule has 5 fully saturated rings. The van der Waals surface area contributed by atoms with Gasteiger partial charge >= 0.3 is 0 Å². The van der Waals surface area contributed by atoms with Gasteiger partial charge in [-0.3, -0.25) is 24.7 Å². The number of anilines is 3. The third-order valence-corrected chi connectivity index (χ3v) is 19.4. The average molecular weight is 1090 g/mol. The molecule has 6 aromatic rings. The second kappa shape index (κ2) is 22.4. The molecule has 0 bridgehead atoms. The van der Waals surface area contributed by atoms with Crippen molar-refractivity contribution in [3.05, 3.63) is 136 Å². The van der Waals surface area contributed by atoms with E-state index in [2.05, 4.69) is 102 Å². The number of hydrogen-bond donors (Lipinski definition) is 4. The summed E-state index contributed by atoms with van der Waals surface area (Å²) >= 11 is 0. The van der Waals surface area contributed by atoms with Crippen LogP contribution < -0.4 is 29.3 Å². The first kappa shape index (κ1) is 54.2. The second-order valence-corrected chi connectivity index (χ2v) is 25.3. The van der Waals surface area contributed by atoms with Gasteiger partial charge < -0.3 is 34.7 Å². The summed E-state index contributed by atoms with van der Waals surface area (Å²) in [6, 6.07) is 31.4. The number of piperidine rings is 2. The molecule has 2 atom stereocenters. The van der Waals surface area contributed by atoms with E-state index in [9.17, 15) is 28.4 Å². The number of ether oxygens (including phenoxy) is 2. The number of aromatic amines is 1. The summed E-state index contributed by atoms with van der Waals surface area (Å²) in [5, 5.41) is 26.6. The quantitative estimate of drug-likeness (QED) is 0.0527. The zero-order valence-electron chi connectivity index (χ0n) is 45.9. The summed E-state index contributed by atoms with van der Waals surface area (Å²) in [7, 11) is -2.88. The number of fused-ring (bicyclic) bond motifs is 1. The van der Waals surface area contributed by atoms with Crippen LogP contribution in [0, 0.1) is 21.4 Å². The molecule has 17 nitrogen and oxygen atoms in total. The van der Waals surface area contributed by atoms with Crippen LogP contribution in [0.15, 0.2) is 114 Å². The highest BCUT2D eigenvalue weighted by molar-refractivity contribution is 7.90. The van der Waals surface area contributed by atoms with E-state index in [1.165, 1.54) is 41.8 Å². The monoisotopic (exact) mass is 1090 g/mol. The molecule has 2 saturated carbocycles. The minimum atomic E-state index is -4.59. The topological polar surface area (TPSA) is 199 Å². The SMILES string of the molecule is COc1ccc(N2CCCC(N3CCN(C4CC5(CCN(c6ccc(C(=O)NS(=O)(=O)c7ccc(NC[C@H]8CC[C@](C)(O)CC8)c([N+](=O)[O-])c7)c(Oc7cnc8[nH]ccc8c7)c6)CC5)C4)C(c4ccccc4C(C)C)C3)C2)cc1. The van der Waals surface area contributed by atoms with Crippen LogP contribution in [0.4, 0.5) is 22.7 Å². The smallest absolute Gasteiger partial charge is 0.293 e. The lowest BCUT2D eigenvalue weighted by Crippen LogP contribution is -2.62. The number of nitro groups is 1. The Labute approximate surface area is 463 Å². The van der Waals surface area contributed by atoms with Gasteiger partial charge in [-0.2, -0.15) is 0 Å². The molecule has 3 saturated heterocycles. The number of H-pyrrole nitrogens is 1. The molecule has 0 radical (unpaired) electrons. The predicted molar refractivity (Wildman–Crippen MR) is 308 cm³/mol.